The number of nitrogens with two attached hydrogens (primary N) is 1. The first-order chi connectivity index (χ1) is 13.1. The average Bonchev–Trinajstić information content (AvgIpc) is 2.66. The number of carboxylic acid groups (broad SMARTS) is 1. The highest BCUT2D eigenvalue weighted by Crippen LogP contribution is 2.16. The Morgan fingerprint density at radius 3 is 2.15 bits per heavy atom. The summed E-state index contributed by atoms with van der Waals surface area (Å²) in [5, 5.41) is 9.41. The van der Waals surface area contributed by atoms with Crippen molar-refractivity contribution in [1.29, 1.82) is 0 Å². The molecule has 158 valence electrons. The third kappa shape index (κ3) is 13.6. The Balaban J connectivity index is 4.45. The summed E-state index contributed by atoms with van der Waals surface area (Å²) in [6.07, 6.45) is 13.3. The van der Waals surface area contributed by atoms with Gasteiger partial charge in [-0.2, -0.15) is 5.48 Å². The Labute approximate surface area is 164 Å². The number of carboxylic acids is 1. The van der Waals surface area contributed by atoms with Crippen LogP contribution in [0.4, 0.5) is 0 Å². The summed E-state index contributed by atoms with van der Waals surface area (Å²) in [6, 6.07) is -1.16. The van der Waals surface area contributed by atoms with Crippen LogP contribution in [-0.2, 0) is 14.4 Å². The van der Waals surface area contributed by atoms with Gasteiger partial charge in [-0.1, -0.05) is 71.6 Å². The molecule has 0 aromatic heterocycles. The fourth-order valence-corrected chi connectivity index (χ4v) is 3.00. The van der Waals surface area contributed by atoms with E-state index >= 15 is 0 Å². The molecular weight excluding hydrogens is 344 g/mol. The first-order valence-electron chi connectivity index (χ1n) is 10.7. The van der Waals surface area contributed by atoms with Crippen LogP contribution in [0, 0.1) is 0 Å². The molecule has 0 saturated heterocycles. The zero-order valence-corrected chi connectivity index (χ0v) is 17.3. The lowest BCUT2D eigenvalue weighted by atomic mass is 10.0. The number of carbonyl (C=O) groups is 1. The average molecular weight is 385 g/mol. The Morgan fingerprint density at radius 1 is 1.00 bits per heavy atom. The largest absolute Gasteiger partial charge is 0.480 e. The van der Waals surface area contributed by atoms with Gasteiger partial charge in [-0.15, -0.1) is 0 Å². The number of aliphatic carboxylic acids is 1. The molecule has 1 unspecified atom stereocenters. The Kier molecular flexibility index (Phi) is 17.4. The second-order valence-corrected chi connectivity index (χ2v) is 7.20. The van der Waals surface area contributed by atoms with Crippen molar-refractivity contribution in [2.75, 3.05) is 6.54 Å². The molecule has 0 amide bonds. The van der Waals surface area contributed by atoms with Crippen LogP contribution in [0.5, 0.6) is 0 Å². The predicted molar refractivity (Wildman–Crippen MR) is 109 cm³/mol. The number of nitrogens with one attached hydrogen (secondary N) is 1. The molecule has 6 nitrogen and oxygen atoms in total. The number of hydrogen-bond acceptors (Lipinski definition) is 5. The Hall–Kier alpha value is -1.20. The molecule has 2 atom stereocenters. The molecule has 0 bridgehead atoms. The summed E-state index contributed by atoms with van der Waals surface area (Å²) in [7, 11) is 0. The maximum absolute atomic E-state index is 11.5. The quantitative estimate of drug-likeness (QED) is 0.176. The SMILES string of the molecule is CCCCCCCCCC(CCCC)ON[C@H](C(=O)O)C(=C=O)CCCN. The molecule has 6 heteroatoms. The highest BCUT2D eigenvalue weighted by molar-refractivity contribution is 5.81. The van der Waals surface area contributed by atoms with Gasteiger partial charge in [0.25, 0.3) is 0 Å². The molecule has 0 aromatic carbocycles. The minimum atomic E-state index is -1.16. The molecule has 27 heavy (non-hydrogen) atoms. The van der Waals surface area contributed by atoms with E-state index in [-0.39, 0.29) is 11.7 Å². The Morgan fingerprint density at radius 2 is 1.59 bits per heavy atom. The number of carbonyl (C=O) groups excluding carboxylic acids is 1. The van der Waals surface area contributed by atoms with Crippen LogP contribution < -0.4 is 11.2 Å². The van der Waals surface area contributed by atoms with Gasteiger partial charge in [0.15, 0.2) is 6.04 Å². The van der Waals surface area contributed by atoms with Crippen molar-refractivity contribution in [2.24, 2.45) is 5.73 Å². The van der Waals surface area contributed by atoms with Crippen molar-refractivity contribution >= 4 is 11.9 Å². The molecular formula is C21H40N2O4. The van der Waals surface area contributed by atoms with E-state index in [1.807, 2.05) is 0 Å². The third-order valence-corrected chi connectivity index (χ3v) is 4.74. The van der Waals surface area contributed by atoms with Crippen molar-refractivity contribution in [3.63, 3.8) is 0 Å². The van der Waals surface area contributed by atoms with Gasteiger partial charge in [-0.25, -0.2) is 4.79 Å². The normalized spacial score (nSPS) is 13.1. The topological polar surface area (TPSA) is 102 Å². The first kappa shape index (κ1) is 25.8. The van der Waals surface area contributed by atoms with Crippen molar-refractivity contribution in [3.8, 4) is 0 Å². The van der Waals surface area contributed by atoms with Crippen LogP contribution in [0.15, 0.2) is 5.57 Å². The number of hydrogen-bond donors (Lipinski definition) is 3. The second kappa shape index (κ2) is 18.2. The number of hydroxylamine groups is 1. The van der Waals surface area contributed by atoms with Gasteiger partial charge >= 0.3 is 5.97 Å². The van der Waals surface area contributed by atoms with Crippen LogP contribution >= 0.6 is 0 Å². The van der Waals surface area contributed by atoms with Crippen LogP contribution in [0.1, 0.15) is 97.3 Å². The lowest BCUT2D eigenvalue weighted by molar-refractivity contribution is -0.144. The summed E-state index contributed by atoms with van der Waals surface area (Å²) < 4.78 is 0. The maximum Gasteiger partial charge on any atom is 0.328 e. The number of rotatable bonds is 19. The zero-order valence-electron chi connectivity index (χ0n) is 17.3. The van der Waals surface area contributed by atoms with Gasteiger partial charge < -0.3 is 10.8 Å². The zero-order chi connectivity index (χ0) is 20.3. The molecule has 0 aliphatic carbocycles. The maximum atomic E-state index is 11.5. The molecule has 0 aliphatic rings. The smallest absolute Gasteiger partial charge is 0.328 e. The monoisotopic (exact) mass is 384 g/mol. The van der Waals surface area contributed by atoms with E-state index in [1.165, 1.54) is 38.5 Å². The lowest BCUT2D eigenvalue weighted by Crippen LogP contribution is -2.41. The van der Waals surface area contributed by atoms with E-state index in [1.54, 1.807) is 5.94 Å². The van der Waals surface area contributed by atoms with Gasteiger partial charge in [0.2, 0.25) is 0 Å². The van der Waals surface area contributed by atoms with Crippen LogP contribution in [0.3, 0.4) is 0 Å². The van der Waals surface area contributed by atoms with Gasteiger partial charge in [-0.05, 0) is 32.2 Å². The second-order valence-electron chi connectivity index (χ2n) is 7.20. The van der Waals surface area contributed by atoms with Crippen LogP contribution in [0.2, 0.25) is 0 Å². The molecule has 0 radical (unpaired) electrons. The summed E-state index contributed by atoms with van der Waals surface area (Å²) >= 11 is 0. The van der Waals surface area contributed by atoms with E-state index in [2.05, 4.69) is 19.3 Å². The molecule has 0 aliphatic heterocycles. The highest BCUT2D eigenvalue weighted by atomic mass is 16.7. The van der Waals surface area contributed by atoms with Gasteiger partial charge in [0.1, 0.15) is 5.94 Å². The molecule has 0 spiro atoms. The summed E-state index contributed by atoms with van der Waals surface area (Å²) in [6.45, 7) is 4.74. The molecule has 4 N–H and O–H groups in total. The summed E-state index contributed by atoms with van der Waals surface area (Å²) in [4.78, 5) is 28.3. The Bertz CT molecular complexity index is 422. The fraction of sp³-hybridized carbons (Fsp3) is 0.857. The molecule has 0 aromatic rings. The summed E-state index contributed by atoms with van der Waals surface area (Å²) in [5.41, 5.74) is 8.22. The predicted octanol–water partition coefficient (Wildman–Crippen LogP) is 4.16. The molecule has 0 rings (SSSR count). The number of unbranched alkanes of at least 4 members (excludes halogenated alkanes) is 7. The van der Waals surface area contributed by atoms with Crippen molar-refractivity contribution in [3.05, 3.63) is 5.57 Å². The third-order valence-electron chi connectivity index (χ3n) is 4.74. The van der Waals surface area contributed by atoms with Crippen molar-refractivity contribution < 1.29 is 19.5 Å². The molecule has 0 fully saturated rings. The van der Waals surface area contributed by atoms with Crippen LogP contribution in [0.25, 0.3) is 0 Å². The van der Waals surface area contributed by atoms with E-state index in [4.69, 9.17) is 10.6 Å². The minimum absolute atomic E-state index is 0.0372. The van der Waals surface area contributed by atoms with E-state index in [0.717, 1.165) is 32.1 Å². The van der Waals surface area contributed by atoms with Gasteiger partial charge in [-0.3, -0.25) is 9.63 Å². The fourth-order valence-electron chi connectivity index (χ4n) is 3.00. The first-order valence-corrected chi connectivity index (χ1v) is 10.7. The molecule has 0 heterocycles. The standard InChI is InChI=1S/C21H40N2O4/c1-3-5-7-8-9-10-11-15-19(14-6-4-2)27-23-20(21(25)26)18(17-24)13-12-16-22/h19-20,23H,3-16,22H2,1-2H3,(H,25,26)/t19?,20-/m0/s1. The van der Waals surface area contributed by atoms with E-state index in [0.29, 0.717) is 19.4 Å². The summed E-state index contributed by atoms with van der Waals surface area (Å²) in [5.74, 6) is 0.620. The van der Waals surface area contributed by atoms with Crippen molar-refractivity contribution in [2.45, 2.75) is 109 Å². The van der Waals surface area contributed by atoms with Crippen LogP contribution in [-0.4, -0.2) is 35.7 Å². The van der Waals surface area contributed by atoms with Crippen molar-refractivity contribution in [1.82, 2.24) is 5.48 Å². The lowest BCUT2D eigenvalue weighted by Gasteiger charge is -2.21. The van der Waals surface area contributed by atoms with Gasteiger partial charge in [0, 0.05) is 5.57 Å². The highest BCUT2D eigenvalue weighted by Gasteiger charge is 2.24. The van der Waals surface area contributed by atoms with E-state index < -0.39 is 12.0 Å². The van der Waals surface area contributed by atoms with E-state index in [9.17, 15) is 14.7 Å². The minimum Gasteiger partial charge on any atom is -0.480 e. The van der Waals surface area contributed by atoms with Gasteiger partial charge in [0.05, 0.1) is 6.10 Å². The molecule has 0 saturated carbocycles.